The smallest absolute Gasteiger partial charge is 0.337 e. The van der Waals surface area contributed by atoms with Gasteiger partial charge in [0.2, 0.25) is 0 Å². The monoisotopic (exact) mass is 208 g/mol. The highest BCUT2D eigenvalue weighted by atomic mass is 16.6. The highest BCUT2D eigenvalue weighted by Gasteiger charge is 2.22. The van der Waals surface area contributed by atoms with Crippen LogP contribution in [0.2, 0.25) is 0 Å². The molecule has 0 radical (unpaired) electrons. The topological polar surface area (TPSA) is 48.1 Å². The molecule has 0 N–H and O–H groups in total. The molecule has 1 unspecified atom stereocenters. The van der Waals surface area contributed by atoms with E-state index in [1.165, 1.54) is 7.11 Å². The first-order valence-electron chi connectivity index (χ1n) is 4.72. The summed E-state index contributed by atoms with van der Waals surface area (Å²) < 4.78 is 15.0. The van der Waals surface area contributed by atoms with Crippen molar-refractivity contribution in [2.75, 3.05) is 20.3 Å². The van der Waals surface area contributed by atoms with E-state index in [9.17, 15) is 4.79 Å². The molecule has 1 aromatic rings. The molecular weight excluding hydrogens is 196 g/mol. The normalized spacial score (nSPS) is 18.3. The van der Waals surface area contributed by atoms with Crippen molar-refractivity contribution in [3.8, 4) is 5.75 Å². The van der Waals surface area contributed by atoms with Crippen LogP contribution in [0.25, 0.3) is 0 Å². The Hall–Kier alpha value is -1.55. The number of esters is 1. The highest BCUT2D eigenvalue weighted by molar-refractivity contribution is 5.89. The zero-order valence-corrected chi connectivity index (χ0v) is 8.43. The lowest BCUT2D eigenvalue weighted by atomic mass is 10.2. The zero-order valence-electron chi connectivity index (χ0n) is 8.43. The number of carbonyl (C=O) groups excluding carboxylic acids is 1. The lowest BCUT2D eigenvalue weighted by Crippen LogP contribution is -2.05. The Kier molecular flexibility index (Phi) is 2.87. The van der Waals surface area contributed by atoms with Crippen molar-refractivity contribution in [1.29, 1.82) is 0 Å². The first-order valence-corrected chi connectivity index (χ1v) is 4.72. The van der Waals surface area contributed by atoms with Gasteiger partial charge in [-0.15, -0.1) is 0 Å². The minimum absolute atomic E-state index is 0.241. The minimum atomic E-state index is -0.341. The van der Waals surface area contributed by atoms with Crippen molar-refractivity contribution < 1.29 is 19.0 Å². The van der Waals surface area contributed by atoms with Gasteiger partial charge >= 0.3 is 5.97 Å². The van der Waals surface area contributed by atoms with E-state index < -0.39 is 0 Å². The SMILES string of the molecule is COC(=O)c1ccc(OCC2CO2)cc1. The molecule has 1 heterocycles. The Morgan fingerprint density at radius 2 is 2.13 bits per heavy atom. The van der Waals surface area contributed by atoms with Gasteiger partial charge in [-0.25, -0.2) is 4.79 Å². The van der Waals surface area contributed by atoms with E-state index in [1.807, 2.05) is 0 Å². The number of methoxy groups -OCH3 is 1. The van der Waals surface area contributed by atoms with Gasteiger partial charge in [-0.1, -0.05) is 0 Å². The third kappa shape index (κ3) is 2.70. The Morgan fingerprint density at radius 3 is 2.67 bits per heavy atom. The van der Waals surface area contributed by atoms with E-state index in [0.29, 0.717) is 12.2 Å². The van der Waals surface area contributed by atoms with Crippen LogP contribution >= 0.6 is 0 Å². The summed E-state index contributed by atoms with van der Waals surface area (Å²) in [4.78, 5) is 11.1. The lowest BCUT2D eigenvalue weighted by Gasteiger charge is -2.04. The standard InChI is InChI=1S/C11H12O4/c1-13-11(12)8-2-4-9(5-3-8)14-6-10-7-15-10/h2-5,10H,6-7H2,1H3. The second-order valence-corrected chi connectivity index (χ2v) is 3.28. The molecule has 1 saturated heterocycles. The Labute approximate surface area is 87.8 Å². The maximum absolute atomic E-state index is 11.1. The fourth-order valence-corrected chi connectivity index (χ4v) is 1.16. The first kappa shape index (κ1) is 9.98. The molecule has 2 rings (SSSR count). The third-order valence-electron chi connectivity index (χ3n) is 2.11. The molecule has 4 nitrogen and oxygen atoms in total. The average Bonchev–Trinajstić information content (AvgIpc) is 3.10. The lowest BCUT2D eigenvalue weighted by molar-refractivity contribution is 0.0600. The second-order valence-electron chi connectivity index (χ2n) is 3.28. The number of rotatable bonds is 4. The number of epoxide rings is 1. The summed E-state index contributed by atoms with van der Waals surface area (Å²) in [7, 11) is 1.36. The van der Waals surface area contributed by atoms with E-state index in [1.54, 1.807) is 24.3 Å². The van der Waals surface area contributed by atoms with E-state index in [-0.39, 0.29) is 12.1 Å². The van der Waals surface area contributed by atoms with E-state index in [2.05, 4.69) is 4.74 Å². The Morgan fingerprint density at radius 1 is 1.47 bits per heavy atom. The highest BCUT2D eigenvalue weighted by Crippen LogP contribution is 2.16. The molecule has 0 saturated carbocycles. The number of carbonyl (C=O) groups is 1. The number of hydrogen-bond donors (Lipinski definition) is 0. The van der Waals surface area contributed by atoms with Crippen molar-refractivity contribution in [1.82, 2.24) is 0 Å². The summed E-state index contributed by atoms with van der Waals surface area (Å²) in [6, 6.07) is 6.84. The molecule has 0 amide bonds. The van der Waals surface area contributed by atoms with Crippen molar-refractivity contribution in [2.24, 2.45) is 0 Å². The van der Waals surface area contributed by atoms with Crippen molar-refractivity contribution in [3.05, 3.63) is 29.8 Å². The van der Waals surface area contributed by atoms with Crippen LogP contribution in [0.1, 0.15) is 10.4 Å². The maximum atomic E-state index is 11.1. The molecule has 4 heteroatoms. The zero-order chi connectivity index (χ0) is 10.7. The van der Waals surface area contributed by atoms with Crippen LogP contribution in [0.5, 0.6) is 5.75 Å². The molecule has 1 aliphatic heterocycles. The van der Waals surface area contributed by atoms with Crippen molar-refractivity contribution in [3.63, 3.8) is 0 Å². The molecule has 0 spiro atoms. The summed E-state index contributed by atoms with van der Waals surface area (Å²) >= 11 is 0. The van der Waals surface area contributed by atoms with Crippen LogP contribution in [0.3, 0.4) is 0 Å². The van der Waals surface area contributed by atoms with E-state index in [4.69, 9.17) is 9.47 Å². The number of benzene rings is 1. The summed E-state index contributed by atoms with van der Waals surface area (Å²) in [6.45, 7) is 1.35. The van der Waals surface area contributed by atoms with E-state index >= 15 is 0 Å². The van der Waals surface area contributed by atoms with Gasteiger partial charge in [-0.3, -0.25) is 0 Å². The molecule has 1 fully saturated rings. The van der Waals surface area contributed by atoms with Gasteiger partial charge < -0.3 is 14.2 Å². The number of hydrogen-bond acceptors (Lipinski definition) is 4. The molecule has 0 bridgehead atoms. The molecule has 0 aliphatic carbocycles. The Bertz CT molecular complexity index is 340. The summed E-state index contributed by atoms with van der Waals surface area (Å²) in [6.07, 6.45) is 0.241. The van der Waals surface area contributed by atoms with Crippen LogP contribution in [-0.2, 0) is 9.47 Å². The van der Waals surface area contributed by atoms with Crippen LogP contribution < -0.4 is 4.74 Å². The molecule has 15 heavy (non-hydrogen) atoms. The fourth-order valence-electron chi connectivity index (χ4n) is 1.16. The molecular formula is C11H12O4. The largest absolute Gasteiger partial charge is 0.491 e. The first-order chi connectivity index (χ1) is 7.29. The minimum Gasteiger partial charge on any atom is -0.491 e. The molecule has 1 aliphatic rings. The van der Waals surface area contributed by atoms with Crippen molar-refractivity contribution in [2.45, 2.75) is 6.10 Å². The van der Waals surface area contributed by atoms with Gasteiger partial charge in [0.1, 0.15) is 18.5 Å². The van der Waals surface area contributed by atoms with Gasteiger partial charge in [0.15, 0.2) is 0 Å². The summed E-state index contributed by atoms with van der Waals surface area (Å²) in [5, 5.41) is 0. The van der Waals surface area contributed by atoms with Gasteiger partial charge in [-0.05, 0) is 24.3 Å². The van der Waals surface area contributed by atoms with Crippen LogP contribution in [0, 0.1) is 0 Å². The molecule has 0 aromatic heterocycles. The molecule has 1 atom stereocenters. The maximum Gasteiger partial charge on any atom is 0.337 e. The fraction of sp³-hybridized carbons (Fsp3) is 0.364. The second kappa shape index (κ2) is 4.31. The predicted molar refractivity (Wildman–Crippen MR) is 53.0 cm³/mol. The van der Waals surface area contributed by atoms with Gasteiger partial charge in [0.25, 0.3) is 0 Å². The third-order valence-corrected chi connectivity index (χ3v) is 2.11. The van der Waals surface area contributed by atoms with Crippen LogP contribution in [0.15, 0.2) is 24.3 Å². The molecule has 1 aromatic carbocycles. The van der Waals surface area contributed by atoms with E-state index in [0.717, 1.165) is 12.4 Å². The number of ether oxygens (including phenoxy) is 3. The quantitative estimate of drug-likeness (QED) is 0.552. The summed E-state index contributed by atoms with van der Waals surface area (Å²) in [5.74, 6) is 0.394. The Balaban J connectivity index is 1.93. The summed E-state index contributed by atoms with van der Waals surface area (Å²) in [5.41, 5.74) is 0.521. The predicted octanol–water partition coefficient (Wildman–Crippen LogP) is 1.25. The average molecular weight is 208 g/mol. The van der Waals surface area contributed by atoms with Crippen molar-refractivity contribution >= 4 is 5.97 Å². The van der Waals surface area contributed by atoms with Crippen LogP contribution in [0.4, 0.5) is 0 Å². The van der Waals surface area contributed by atoms with Gasteiger partial charge in [-0.2, -0.15) is 0 Å². The molecule has 80 valence electrons. The van der Waals surface area contributed by atoms with Gasteiger partial charge in [0, 0.05) is 0 Å². The van der Waals surface area contributed by atoms with Crippen LogP contribution in [-0.4, -0.2) is 32.4 Å². The van der Waals surface area contributed by atoms with Gasteiger partial charge in [0.05, 0.1) is 19.3 Å².